The number of benzene rings is 1. The van der Waals surface area contributed by atoms with Crippen molar-refractivity contribution in [1.82, 2.24) is 0 Å². The Morgan fingerprint density at radius 2 is 2.05 bits per heavy atom. The van der Waals surface area contributed by atoms with Crippen LogP contribution in [0.3, 0.4) is 0 Å². The van der Waals surface area contributed by atoms with Gasteiger partial charge < -0.3 is 9.47 Å². The van der Waals surface area contributed by atoms with E-state index in [4.69, 9.17) is 9.47 Å². The molecule has 1 aliphatic heterocycles. The zero-order chi connectivity index (χ0) is 15.6. The SMILES string of the molecule is O=C1CC[C@H]2OC(=O)[C@]1(CCCOCc1ccccc1)C2I. The van der Waals surface area contributed by atoms with Crippen LogP contribution in [0.25, 0.3) is 0 Å². The van der Waals surface area contributed by atoms with Crippen molar-refractivity contribution in [2.75, 3.05) is 6.61 Å². The Morgan fingerprint density at radius 1 is 1.27 bits per heavy atom. The lowest BCUT2D eigenvalue weighted by Crippen LogP contribution is -2.46. The van der Waals surface area contributed by atoms with E-state index in [0.29, 0.717) is 38.9 Å². The molecule has 2 fully saturated rings. The number of alkyl halides is 1. The number of carbonyl (C=O) groups excluding carboxylic acids is 2. The highest BCUT2D eigenvalue weighted by Gasteiger charge is 2.62. The normalized spacial score (nSPS) is 30.4. The molecule has 1 aliphatic carbocycles. The van der Waals surface area contributed by atoms with Gasteiger partial charge in [0.15, 0.2) is 5.78 Å². The summed E-state index contributed by atoms with van der Waals surface area (Å²) in [6, 6.07) is 9.97. The summed E-state index contributed by atoms with van der Waals surface area (Å²) >= 11 is 2.22. The van der Waals surface area contributed by atoms with Crippen molar-refractivity contribution in [2.24, 2.45) is 5.41 Å². The molecule has 0 amide bonds. The zero-order valence-electron chi connectivity index (χ0n) is 12.3. The van der Waals surface area contributed by atoms with Gasteiger partial charge in [-0.25, -0.2) is 0 Å². The Labute approximate surface area is 143 Å². The maximum absolute atomic E-state index is 12.3. The fourth-order valence-electron chi connectivity index (χ4n) is 3.30. The third-order valence-electron chi connectivity index (χ3n) is 4.54. The molecule has 22 heavy (non-hydrogen) atoms. The quantitative estimate of drug-likeness (QED) is 0.236. The molecule has 118 valence electrons. The second kappa shape index (κ2) is 6.66. The van der Waals surface area contributed by atoms with E-state index in [1.54, 1.807) is 0 Å². The highest BCUT2D eigenvalue weighted by atomic mass is 127. The van der Waals surface area contributed by atoms with Crippen molar-refractivity contribution in [1.29, 1.82) is 0 Å². The number of carbonyl (C=O) groups is 2. The van der Waals surface area contributed by atoms with E-state index in [2.05, 4.69) is 22.6 Å². The molecule has 3 rings (SSSR count). The molecule has 1 aromatic carbocycles. The van der Waals surface area contributed by atoms with Crippen molar-refractivity contribution < 1.29 is 19.1 Å². The summed E-state index contributed by atoms with van der Waals surface area (Å²) in [7, 11) is 0. The Bertz CT molecular complexity index is 549. The number of Topliss-reactive ketones (excluding diaryl/α,β-unsaturated/α-hetero) is 1. The average molecular weight is 414 g/mol. The van der Waals surface area contributed by atoms with Gasteiger partial charge in [0, 0.05) is 13.0 Å². The lowest BCUT2D eigenvalue weighted by atomic mass is 9.71. The molecule has 0 radical (unpaired) electrons. The molecule has 5 heteroatoms. The van der Waals surface area contributed by atoms with E-state index < -0.39 is 5.41 Å². The number of hydrogen-bond donors (Lipinski definition) is 0. The summed E-state index contributed by atoms with van der Waals surface area (Å²) in [4.78, 5) is 24.5. The highest BCUT2D eigenvalue weighted by molar-refractivity contribution is 14.1. The molecule has 3 atom stereocenters. The summed E-state index contributed by atoms with van der Waals surface area (Å²) in [5.41, 5.74) is 0.209. The van der Waals surface area contributed by atoms with Crippen molar-refractivity contribution >= 4 is 34.3 Å². The summed E-state index contributed by atoms with van der Waals surface area (Å²) in [6.45, 7) is 1.10. The molecule has 0 spiro atoms. The van der Waals surface area contributed by atoms with Crippen LogP contribution in [0, 0.1) is 5.41 Å². The molecular weight excluding hydrogens is 395 g/mol. The Balaban J connectivity index is 1.52. The van der Waals surface area contributed by atoms with E-state index in [1.807, 2.05) is 30.3 Å². The van der Waals surface area contributed by atoms with Gasteiger partial charge >= 0.3 is 5.97 Å². The van der Waals surface area contributed by atoms with Crippen LogP contribution in [-0.4, -0.2) is 28.4 Å². The number of esters is 1. The van der Waals surface area contributed by atoms with Gasteiger partial charge in [-0.15, -0.1) is 0 Å². The van der Waals surface area contributed by atoms with Crippen molar-refractivity contribution in [3.05, 3.63) is 35.9 Å². The molecule has 1 saturated carbocycles. The summed E-state index contributed by atoms with van der Waals surface area (Å²) in [5.74, 6) is -0.267. The minimum Gasteiger partial charge on any atom is -0.460 e. The molecule has 1 aromatic rings. The van der Waals surface area contributed by atoms with E-state index in [0.717, 1.165) is 5.56 Å². The van der Waals surface area contributed by atoms with Gasteiger partial charge in [0.1, 0.15) is 11.5 Å². The predicted molar refractivity (Wildman–Crippen MR) is 89.7 cm³/mol. The smallest absolute Gasteiger partial charge is 0.321 e. The molecule has 2 bridgehead atoms. The summed E-state index contributed by atoms with van der Waals surface area (Å²) < 4.78 is 11.0. The first kappa shape index (κ1) is 15.9. The zero-order valence-corrected chi connectivity index (χ0v) is 14.5. The first-order valence-electron chi connectivity index (χ1n) is 7.65. The molecule has 2 aliphatic rings. The molecule has 4 nitrogen and oxygen atoms in total. The lowest BCUT2D eigenvalue weighted by Gasteiger charge is -2.31. The summed E-state index contributed by atoms with van der Waals surface area (Å²) in [6.07, 6.45) is 2.27. The fourth-order valence-corrected chi connectivity index (χ4v) is 4.72. The van der Waals surface area contributed by atoms with Crippen LogP contribution in [-0.2, 0) is 25.7 Å². The maximum Gasteiger partial charge on any atom is 0.321 e. The van der Waals surface area contributed by atoms with Crippen LogP contribution in [0.4, 0.5) is 0 Å². The van der Waals surface area contributed by atoms with Gasteiger partial charge in [-0.1, -0.05) is 52.9 Å². The van der Waals surface area contributed by atoms with Crippen LogP contribution >= 0.6 is 22.6 Å². The number of rotatable bonds is 6. The van der Waals surface area contributed by atoms with Crippen molar-refractivity contribution in [3.63, 3.8) is 0 Å². The van der Waals surface area contributed by atoms with E-state index >= 15 is 0 Å². The first-order valence-corrected chi connectivity index (χ1v) is 8.89. The van der Waals surface area contributed by atoms with Gasteiger partial charge in [-0.05, 0) is 24.8 Å². The second-order valence-corrected chi connectivity index (χ2v) is 7.26. The Kier molecular flexibility index (Phi) is 4.82. The molecule has 0 N–H and O–H groups in total. The van der Waals surface area contributed by atoms with Gasteiger partial charge in [0.2, 0.25) is 0 Å². The van der Waals surface area contributed by atoms with E-state index in [-0.39, 0.29) is 21.8 Å². The number of hydrogen-bond acceptors (Lipinski definition) is 4. The van der Waals surface area contributed by atoms with E-state index in [9.17, 15) is 9.59 Å². The van der Waals surface area contributed by atoms with Crippen LogP contribution < -0.4 is 0 Å². The minimum absolute atomic E-state index is 0.0343. The van der Waals surface area contributed by atoms with E-state index in [1.165, 1.54) is 0 Å². The Morgan fingerprint density at radius 3 is 2.82 bits per heavy atom. The topological polar surface area (TPSA) is 52.6 Å². The number of ether oxygens (including phenoxy) is 2. The number of halogens is 1. The Hall–Kier alpha value is -0.950. The second-order valence-electron chi connectivity index (χ2n) is 5.92. The molecular formula is C17H19IO4. The standard InChI is InChI=1S/C17H19IO4/c18-15-13-7-8-14(19)17(15,16(20)22-13)9-4-10-21-11-12-5-2-1-3-6-12/h1-3,5-6,13,15H,4,7-11H2/t13-,15?,17+/m1/s1. The van der Waals surface area contributed by atoms with Gasteiger partial charge in [-0.2, -0.15) is 0 Å². The van der Waals surface area contributed by atoms with Crippen molar-refractivity contribution in [2.45, 2.75) is 42.3 Å². The van der Waals surface area contributed by atoms with Crippen LogP contribution in [0.1, 0.15) is 31.2 Å². The highest BCUT2D eigenvalue weighted by Crippen LogP contribution is 2.49. The van der Waals surface area contributed by atoms with Crippen LogP contribution in [0.2, 0.25) is 0 Å². The number of ketones is 1. The predicted octanol–water partition coefficient (Wildman–Crippen LogP) is 3.06. The number of fused-ring (bicyclic) bond motifs is 2. The molecule has 1 heterocycles. The average Bonchev–Trinajstić information content (AvgIpc) is 2.69. The molecule has 1 saturated heterocycles. The molecule has 1 unspecified atom stereocenters. The minimum atomic E-state index is -0.917. The van der Waals surface area contributed by atoms with Crippen LogP contribution in [0.5, 0.6) is 0 Å². The summed E-state index contributed by atoms with van der Waals surface area (Å²) in [5, 5.41) is 0. The third kappa shape index (κ3) is 2.80. The van der Waals surface area contributed by atoms with Crippen molar-refractivity contribution in [3.8, 4) is 0 Å². The first-order chi connectivity index (χ1) is 10.6. The molecule has 0 aromatic heterocycles. The maximum atomic E-state index is 12.3. The lowest BCUT2D eigenvalue weighted by molar-refractivity contribution is -0.151. The monoisotopic (exact) mass is 414 g/mol. The van der Waals surface area contributed by atoms with Gasteiger partial charge in [-0.3, -0.25) is 9.59 Å². The van der Waals surface area contributed by atoms with Gasteiger partial charge in [0.25, 0.3) is 0 Å². The largest absolute Gasteiger partial charge is 0.460 e. The van der Waals surface area contributed by atoms with Gasteiger partial charge in [0.05, 0.1) is 10.5 Å². The fraction of sp³-hybridized carbons (Fsp3) is 0.529. The van der Waals surface area contributed by atoms with Crippen LogP contribution in [0.15, 0.2) is 30.3 Å². The third-order valence-corrected chi connectivity index (χ3v) is 6.41.